The van der Waals surface area contributed by atoms with E-state index in [-0.39, 0.29) is 13.2 Å². The number of hydrogen-bond donors (Lipinski definition) is 3. The number of fused-ring (bicyclic) bond motifs is 1. The zero-order chi connectivity index (χ0) is 16.4. The Kier molecular flexibility index (Phi) is 4.27. The van der Waals surface area contributed by atoms with Gasteiger partial charge in [-0.05, 0) is 25.5 Å². The first-order valence-electron chi connectivity index (χ1n) is 7.55. The van der Waals surface area contributed by atoms with E-state index in [2.05, 4.69) is 15.4 Å². The summed E-state index contributed by atoms with van der Waals surface area (Å²) in [4.78, 5) is 4.66. The molecule has 0 spiro atoms. The Balaban J connectivity index is 2.13. The van der Waals surface area contributed by atoms with Crippen molar-refractivity contribution in [2.45, 2.75) is 20.0 Å². The maximum atomic E-state index is 9.55. The largest absolute Gasteiger partial charge is 0.394 e. The van der Waals surface area contributed by atoms with Crippen molar-refractivity contribution in [2.24, 2.45) is 0 Å². The van der Waals surface area contributed by atoms with Crippen LogP contribution in [0.15, 0.2) is 36.4 Å². The van der Waals surface area contributed by atoms with Gasteiger partial charge >= 0.3 is 0 Å². The van der Waals surface area contributed by atoms with Crippen molar-refractivity contribution in [2.75, 3.05) is 18.5 Å². The molecule has 0 aliphatic rings. The number of aryl methyl sites for hydroxylation is 2. The van der Waals surface area contributed by atoms with Crippen molar-refractivity contribution in [3.63, 3.8) is 0 Å². The highest BCUT2D eigenvalue weighted by Gasteiger charge is 2.16. The van der Waals surface area contributed by atoms with Gasteiger partial charge in [-0.15, -0.1) is 0 Å². The summed E-state index contributed by atoms with van der Waals surface area (Å²) in [6.07, 6.45) is -0.839. The fourth-order valence-corrected chi connectivity index (χ4v) is 2.62. The molecule has 6 nitrogen and oxygen atoms in total. The predicted molar refractivity (Wildman–Crippen MR) is 89.5 cm³/mol. The van der Waals surface area contributed by atoms with Crippen LogP contribution in [0.4, 0.5) is 5.95 Å². The van der Waals surface area contributed by atoms with Crippen LogP contribution in [0.2, 0.25) is 0 Å². The Labute approximate surface area is 134 Å². The van der Waals surface area contributed by atoms with E-state index < -0.39 is 6.10 Å². The molecule has 6 heteroatoms. The van der Waals surface area contributed by atoms with Gasteiger partial charge in [0.1, 0.15) is 5.69 Å². The van der Waals surface area contributed by atoms with E-state index in [1.165, 1.54) is 0 Å². The van der Waals surface area contributed by atoms with Crippen LogP contribution in [0.3, 0.4) is 0 Å². The number of aromatic nitrogens is 3. The minimum atomic E-state index is -0.839. The highest BCUT2D eigenvalue weighted by atomic mass is 16.3. The molecule has 1 atom stereocenters. The van der Waals surface area contributed by atoms with Crippen LogP contribution in [-0.2, 0) is 0 Å². The molecule has 3 aromatic rings. The van der Waals surface area contributed by atoms with Crippen LogP contribution in [-0.4, -0.2) is 44.1 Å². The first kappa shape index (κ1) is 15.5. The highest BCUT2D eigenvalue weighted by molar-refractivity contribution is 5.81. The summed E-state index contributed by atoms with van der Waals surface area (Å²) < 4.78 is 1.76. The summed E-state index contributed by atoms with van der Waals surface area (Å²) >= 11 is 0. The molecule has 2 aromatic heterocycles. The Hall–Kier alpha value is -2.44. The third-order valence-corrected chi connectivity index (χ3v) is 3.66. The average molecular weight is 312 g/mol. The van der Waals surface area contributed by atoms with Crippen molar-refractivity contribution in [1.82, 2.24) is 14.6 Å². The molecule has 1 unspecified atom stereocenters. The summed E-state index contributed by atoms with van der Waals surface area (Å²) in [5.41, 5.74) is 4.76. The number of nitrogens with zero attached hydrogens (tertiary/aromatic N) is 3. The summed E-state index contributed by atoms with van der Waals surface area (Å²) in [6, 6.07) is 12.0. The van der Waals surface area contributed by atoms with Crippen LogP contribution >= 0.6 is 0 Å². The third-order valence-electron chi connectivity index (χ3n) is 3.66. The second-order valence-corrected chi connectivity index (χ2v) is 5.60. The van der Waals surface area contributed by atoms with Gasteiger partial charge in [-0.1, -0.05) is 30.3 Å². The summed E-state index contributed by atoms with van der Waals surface area (Å²) in [5.74, 6) is 0.554. The maximum Gasteiger partial charge on any atom is 0.225 e. The van der Waals surface area contributed by atoms with E-state index in [1.807, 2.05) is 50.2 Å². The first-order valence-corrected chi connectivity index (χ1v) is 7.55. The van der Waals surface area contributed by atoms with Crippen molar-refractivity contribution in [1.29, 1.82) is 0 Å². The van der Waals surface area contributed by atoms with Gasteiger partial charge in [-0.3, -0.25) is 0 Å². The smallest absolute Gasteiger partial charge is 0.225 e. The Morgan fingerprint density at radius 1 is 1.22 bits per heavy atom. The minimum absolute atomic E-state index is 0.207. The maximum absolute atomic E-state index is 9.55. The molecule has 1 aromatic carbocycles. The molecule has 0 aliphatic carbocycles. The van der Waals surface area contributed by atoms with Gasteiger partial charge in [-0.2, -0.15) is 9.61 Å². The van der Waals surface area contributed by atoms with Crippen molar-refractivity contribution < 1.29 is 10.2 Å². The van der Waals surface area contributed by atoms with E-state index >= 15 is 0 Å². The number of hydrogen-bond acceptors (Lipinski definition) is 5. The van der Waals surface area contributed by atoms with Gasteiger partial charge in [0.15, 0.2) is 0 Å². The standard InChI is InChI=1S/C17H20N4O2/c1-11-8-12(2)20-21-16(11)15(13-6-4-3-5-7-13)19-17(21)18-9-14(23)10-22/h3-8,14,22-23H,9-10H2,1-2H3,(H,18,19). The number of aliphatic hydroxyl groups excluding tert-OH is 2. The zero-order valence-corrected chi connectivity index (χ0v) is 13.2. The third kappa shape index (κ3) is 3.04. The molecule has 0 radical (unpaired) electrons. The SMILES string of the molecule is Cc1cc(C)c2c(-c3ccccc3)nc(NCC(O)CO)n2n1. The van der Waals surface area contributed by atoms with Crippen LogP contribution < -0.4 is 5.32 Å². The van der Waals surface area contributed by atoms with Gasteiger partial charge in [-0.25, -0.2) is 4.98 Å². The number of nitrogens with one attached hydrogen (secondary N) is 1. The van der Waals surface area contributed by atoms with Gasteiger partial charge in [0, 0.05) is 12.1 Å². The highest BCUT2D eigenvalue weighted by Crippen LogP contribution is 2.28. The average Bonchev–Trinajstić information content (AvgIpc) is 2.92. The van der Waals surface area contributed by atoms with Crippen LogP contribution in [0.5, 0.6) is 0 Å². The van der Waals surface area contributed by atoms with Crippen LogP contribution in [0.1, 0.15) is 11.3 Å². The van der Waals surface area contributed by atoms with Gasteiger partial charge in [0.05, 0.1) is 23.9 Å². The van der Waals surface area contributed by atoms with E-state index in [0.717, 1.165) is 28.0 Å². The summed E-state index contributed by atoms with van der Waals surface area (Å²) in [5, 5.41) is 26.1. The number of aliphatic hydroxyl groups is 2. The van der Waals surface area contributed by atoms with E-state index in [0.29, 0.717) is 5.95 Å². The van der Waals surface area contributed by atoms with Crippen molar-refractivity contribution >= 4 is 11.5 Å². The molecule has 0 saturated heterocycles. The molecular formula is C17H20N4O2. The fraction of sp³-hybridized carbons (Fsp3) is 0.294. The molecule has 0 saturated carbocycles. The molecule has 23 heavy (non-hydrogen) atoms. The topological polar surface area (TPSA) is 82.7 Å². The predicted octanol–water partition coefficient (Wildman–Crippen LogP) is 1.78. The quantitative estimate of drug-likeness (QED) is 0.669. The zero-order valence-electron chi connectivity index (χ0n) is 13.2. The van der Waals surface area contributed by atoms with E-state index in [9.17, 15) is 5.11 Å². The lowest BCUT2D eigenvalue weighted by Crippen LogP contribution is -2.24. The van der Waals surface area contributed by atoms with E-state index in [1.54, 1.807) is 4.52 Å². The molecule has 0 bridgehead atoms. The van der Waals surface area contributed by atoms with E-state index in [4.69, 9.17) is 5.11 Å². The fourth-order valence-electron chi connectivity index (χ4n) is 2.62. The number of imidazole rings is 1. The number of benzene rings is 1. The minimum Gasteiger partial charge on any atom is -0.394 e. The molecule has 120 valence electrons. The molecule has 3 N–H and O–H groups in total. The van der Waals surface area contributed by atoms with Gasteiger partial charge in [0.2, 0.25) is 5.95 Å². The first-order chi connectivity index (χ1) is 11.1. The normalized spacial score (nSPS) is 12.5. The number of anilines is 1. The lowest BCUT2D eigenvalue weighted by Gasteiger charge is -2.09. The van der Waals surface area contributed by atoms with Crippen molar-refractivity contribution in [3.8, 4) is 11.3 Å². The molecule has 0 fully saturated rings. The van der Waals surface area contributed by atoms with Gasteiger partial charge < -0.3 is 15.5 Å². The van der Waals surface area contributed by atoms with Crippen LogP contribution in [0, 0.1) is 13.8 Å². The molecule has 0 aliphatic heterocycles. The molecule has 2 heterocycles. The van der Waals surface area contributed by atoms with Crippen molar-refractivity contribution in [3.05, 3.63) is 47.7 Å². The van der Waals surface area contributed by atoms with Gasteiger partial charge in [0.25, 0.3) is 0 Å². The van der Waals surface area contributed by atoms with Crippen LogP contribution in [0.25, 0.3) is 16.8 Å². The lowest BCUT2D eigenvalue weighted by atomic mass is 10.1. The Morgan fingerprint density at radius 2 is 1.96 bits per heavy atom. The second-order valence-electron chi connectivity index (χ2n) is 5.60. The monoisotopic (exact) mass is 312 g/mol. The number of rotatable bonds is 5. The molecular weight excluding hydrogens is 292 g/mol. The summed E-state index contributed by atoms with van der Waals surface area (Å²) in [7, 11) is 0. The Bertz CT molecular complexity index is 814. The second kappa shape index (κ2) is 6.36. The molecule has 3 rings (SSSR count). The summed E-state index contributed by atoms with van der Waals surface area (Å²) in [6.45, 7) is 3.87. The Morgan fingerprint density at radius 3 is 2.65 bits per heavy atom. The lowest BCUT2D eigenvalue weighted by molar-refractivity contribution is 0.105. The molecule has 0 amide bonds.